The second-order valence-electron chi connectivity index (χ2n) is 6.26. The van der Waals surface area contributed by atoms with Crippen LogP contribution in [0.2, 0.25) is 0 Å². The number of aromatic amines is 1. The number of rotatable bonds is 5. The van der Waals surface area contributed by atoms with Crippen LogP contribution in [0, 0.1) is 0 Å². The minimum atomic E-state index is -0.424. The fraction of sp³-hybridized carbons (Fsp3) is 0.471. The quantitative estimate of drug-likeness (QED) is 0.819. The third kappa shape index (κ3) is 3.50. The molecule has 132 valence electrons. The van der Waals surface area contributed by atoms with Crippen molar-refractivity contribution in [2.24, 2.45) is 0 Å². The van der Waals surface area contributed by atoms with Crippen LogP contribution in [0.4, 0.5) is 0 Å². The molecule has 1 atom stereocenters. The predicted octanol–water partition coefficient (Wildman–Crippen LogP) is 1.60. The van der Waals surface area contributed by atoms with E-state index in [9.17, 15) is 9.59 Å². The number of nitrogens with one attached hydrogen (secondary N) is 1. The molecule has 25 heavy (non-hydrogen) atoms. The van der Waals surface area contributed by atoms with Crippen LogP contribution in [0.3, 0.4) is 0 Å². The van der Waals surface area contributed by atoms with Crippen molar-refractivity contribution < 1.29 is 9.53 Å². The van der Waals surface area contributed by atoms with E-state index in [4.69, 9.17) is 4.74 Å². The number of amides is 1. The fourth-order valence-electron chi connectivity index (χ4n) is 2.97. The molecule has 1 saturated heterocycles. The van der Waals surface area contributed by atoms with E-state index < -0.39 is 5.25 Å². The van der Waals surface area contributed by atoms with Crippen LogP contribution >= 0.6 is 11.8 Å². The average Bonchev–Trinajstić information content (AvgIpc) is 3.43. The Balaban J connectivity index is 1.64. The van der Waals surface area contributed by atoms with Crippen molar-refractivity contribution in [2.45, 2.75) is 29.3 Å². The highest BCUT2D eigenvalue weighted by Crippen LogP contribution is 2.40. The molecule has 0 unspecified atom stereocenters. The monoisotopic (exact) mass is 360 g/mol. The van der Waals surface area contributed by atoms with Gasteiger partial charge in [0.2, 0.25) is 5.91 Å². The topological polar surface area (TPSA) is 80.2 Å². The van der Waals surface area contributed by atoms with Crippen molar-refractivity contribution >= 4 is 17.7 Å². The minimum Gasteiger partial charge on any atom is -0.378 e. The molecule has 0 spiro atoms. The van der Waals surface area contributed by atoms with Crippen LogP contribution in [-0.4, -0.2) is 51.9 Å². The lowest BCUT2D eigenvalue weighted by atomic mass is 10.1. The molecule has 1 amide bonds. The maximum Gasteiger partial charge on any atom is 0.344 e. The second kappa shape index (κ2) is 7.05. The van der Waals surface area contributed by atoms with Crippen molar-refractivity contribution in [1.29, 1.82) is 0 Å². The Hall–Kier alpha value is -2.06. The van der Waals surface area contributed by atoms with Crippen molar-refractivity contribution in [2.75, 3.05) is 26.3 Å². The van der Waals surface area contributed by atoms with Crippen molar-refractivity contribution in [3.05, 3.63) is 46.4 Å². The molecular weight excluding hydrogens is 340 g/mol. The summed E-state index contributed by atoms with van der Waals surface area (Å²) in [6.45, 7) is 2.32. The van der Waals surface area contributed by atoms with Gasteiger partial charge in [0.05, 0.1) is 13.2 Å². The van der Waals surface area contributed by atoms with Crippen molar-refractivity contribution in [1.82, 2.24) is 19.7 Å². The highest BCUT2D eigenvalue weighted by molar-refractivity contribution is 8.00. The first-order valence-corrected chi connectivity index (χ1v) is 9.37. The number of nitrogens with zero attached hydrogens (tertiary/aromatic N) is 3. The number of hydrogen-bond donors (Lipinski definition) is 1. The first-order chi connectivity index (χ1) is 12.2. The summed E-state index contributed by atoms with van der Waals surface area (Å²) in [5, 5.41) is 6.85. The van der Waals surface area contributed by atoms with E-state index in [0.29, 0.717) is 31.5 Å². The average molecular weight is 360 g/mol. The number of carbonyl (C=O) groups is 1. The Kier molecular flexibility index (Phi) is 4.63. The van der Waals surface area contributed by atoms with E-state index in [-0.39, 0.29) is 17.6 Å². The summed E-state index contributed by atoms with van der Waals surface area (Å²) in [5.41, 5.74) is 0.720. The van der Waals surface area contributed by atoms with Gasteiger partial charge in [-0.1, -0.05) is 42.1 Å². The summed E-state index contributed by atoms with van der Waals surface area (Å²) >= 11 is 1.35. The number of hydrogen-bond acceptors (Lipinski definition) is 5. The van der Waals surface area contributed by atoms with E-state index >= 15 is 0 Å². The number of carbonyl (C=O) groups excluding carboxylic acids is 1. The number of aromatic nitrogens is 3. The zero-order valence-electron chi connectivity index (χ0n) is 13.8. The van der Waals surface area contributed by atoms with Crippen LogP contribution in [0.25, 0.3) is 0 Å². The van der Waals surface area contributed by atoms with Gasteiger partial charge in [0, 0.05) is 19.1 Å². The summed E-state index contributed by atoms with van der Waals surface area (Å²) in [4.78, 5) is 27.0. The van der Waals surface area contributed by atoms with Crippen LogP contribution in [-0.2, 0) is 9.53 Å². The van der Waals surface area contributed by atoms with Crippen LogP contribution in [0.1, 0.15) is 29.7 Å². The van der Waals surface area contributed by atoms with Gasteiger partial charge in [-0.05, 0) is 18.4 Å². The molecule has 7 nitrogen and oxygen atoms in total. The lowest BCUT2D eigenvalue weighted by molar-refractivity contribution is -0.134. The highest BCUT2D eigenvalue weighted by atomic mass is 32.2. The molecule has 2 heterocycles. The molecule has 1 aliphatic carbocycles. The predicted molar refractivity (Wildman–Crippen MR) is 93.6 cm³/mol. The maximum atomic E-state index is 13.1. The van der Waals surface area contributed by atoms with Crippen molar-refractivity contribution in [3.63, 3.8) is 0 Å². The summed E-state index contributed by atoms with van der Waals surface area (Å²) in [5.74, 6) is 0.0392. The van der Waals surface area contributed by atoms with Crippen LogP contribution in [0.5, 0.6) is 0 Å². The summed E-state index contributed by atoms with van der Waals surface area (Å²) in [7, 11) is 0. The third-order valence-electron chi connectivity index (χ3n) is 4.46. The Labute approximate surface area is 149 Å². The highest BCUT2D eigenvalue weighted by Gasteiger charge is 2.33. The normalized spacial score (nSPS) is 19.0. The van der Waals surface area contributed by atoms with Gasteiger partial charge in [-0.25, -0.2) is 9.89 Å². The van der Waals surface area contributed by atoms with Crippen LogP contribution in [0.15, 0.2) is 40.3 Å². The largest absolute Gasteiger partial charge is 0.378 e. The fourth-order valence-corrected chi connectivity index (χ4v) is 4.17. The van der Waals surface area contributed by atoms with Gasteiger partial charge in [0.1, 0.15) is 5.25 Å². The van der Waals surface area contributed by atoms with Gasteiger partial charge >= 0.3 is 5.69 Å². The zero-order chi connectivity index (χ0) is 17.2. The second-order valence-corrected chi connectivity index (χ2v) is 7.33. The molecule has 1 aromatic heterocycles. The van der Waals surface area contributed by atoms with Gasteiger partial charge in [-0.2, -0.15) is 0 Å². The van der Waals surface area contributed by atoms with E-state index in [2.05, 4.69) is 10.2 Å². The molecular formula is C17H20N4O3S. The van der Waals surface area contributed by atoms with Gasteiger partial charge in [0.25, 0.3) is 0 Å². The lowest BCUT2D eigenvalue weighted by Crippen LogP contribution is -2.42. The SMILES string of the molecule is O=C([C@@H](Sc1n[nH]c(=O)n1C1CC1)c1ccccc1)N1CCOCC1. The number of thioether (sulfide) groups is 1. The molecule has 2 aliphatic rings. The Morgan fingerprint density at radius 2 is 1.96 bits per heavy atom. The molecule has 8 heteroatoms. The Bertz CT molecular complexity index is 794. The van der Waals surface area contributed by atoms with E-state index in [1.165, 1.54) is 11.8 Å². The first-order valence-electron chi connectivity index (χ1n) is 8.49. The smallest absolute Gasteiger partial charge is 0.344 e. The Morgan fingerprint density at radius 1 is 1.24 bits per heavy atom. The lowest BCUT2D eigenvalue weighted by Gasteiger charge is -2.30. The van der Waals surface area contributed by atoms with Gasteiger partial charge < -0.3 is 9.64 Å². The van der Waals surface area contributed by atoms with E-state index in [0.717, 1.165) is 18.4 Å². The molecule has 2 fully saturated rings. The van der Waals surface area contributed by atoms with Crippen LogP contribution < -0.4 is 5.69 Å². The number of morpholine rings is 1. The Morgan fingerprint density at radius 3 is 2.64 bits per heavy atom. The molecule has 4 rings (SSSR count). The van der Waals surface area contributed by atoms with Crippen molar-refractivity contribution in [3.8, 4) is 0 Å². The van der Waals surface area contributed by atoms with Gasteiger partial charge in [-0.15, -0.1) is 5.10 Å². The maximum absolute atomic E-state index is 13.1. The van der Waals surface area contributed by atoms with Gasteiger partial charge in [-0.3, -0.25) is 9.36 Å². The molecule has 0 radical (unpaired) electrons. The molecule has 1 N–H and O–H groups in total. The van der Waals surface area contributed by atoms with E-state index in [1.54, 1.807) is 4.57 Å². The standard InChI is InChI=1S/C17H20N4O3S/c22-15(20-8-10-24-11-9-20)14(12-4-2-1-3-5-12)25-17-19-18-16(23)21(17)13-6-7-13/h1-5,13-14H,6-11H2,(H,18,23)/t14-/m0/s1. The number of benzene rings is 1. The third-order valence-corrected chi connectivity index (χ3v) is 5.67. The molecule has 0 bridgehead atoms. The molecule has 2 aromatic rings. The number of H-pyrrole nitrogens is 1. The zero-order valence-corrected chi connectivity index (χ0v) is 14.6. The minimum absolute atomic E-state index is 0.0392. The summed E-state index contributed by atoms with van der Waals surface area (Å²) < 4.78 is 7.04. The van der Waals surface area contributed by atoms with E-state index in [1.807, 2.05) is 35.2 Å². The summed E-state index contributed by atoms with van der Waals surface area (Å²) in [6.07, 6.45) is 1.97. The summed E-state index contributed by atoms with van der Waals surface area (Å²) in [6, 6.07) is 9.88. The molecule has 1 aliphatic heterocycles. The van der Waals surface area contributed by atoms with Gasteiger partial charge in [0.15, 0.2) is 5.16 Å². The molecule has 1 aromatic carbocycles. The molecule has 1 saturated carbocycles. The number of ether oxygens (including phenoxy) is 1. The first kappa shape index (κ1) is 16.4.